The lowest BCUT2D eigenvalue weighted by atomic mass is 10.2. The van der Waals surface area contributed by atoms with Crippen molar-refractivity contribution < 1.29 is 18.0 Å². The van der Waals surface area contributed by atoms with E-state index in [9.17, 15) is 18.0 Å². The first-order valence-electron chi connectivity index (χ1n) is 6.43. The number of hydrogen-bond acceptors (Lipinski definition) is 4. The van der Waals surface area contributed by atoms with Crippen LogP contribution in [0.4, 0.5) is 19.0 Å². The van der Waals surface area contributed by atoms with Gasteiger partial charge in [-0.3, -0.25) is 4.79 Å². The van der Waals surface area contributed by atoms with Gasteiger partial charge < -0.3 is 15.5 Å². The van der Waals surface area contributed by atoms with Crippen LogP contribution in [0.1, 0.15) is 18.2 Å². The predicted molar refractivity (Wildman–Crippen MR) is 73.7 cm³/mol. The molecule has 118 valence electrons. The van der Waals surface area contributed by atoms with Crippen LogP contribution < -0.4 is 10.6 Å². The van der Waals surface area contributed by atoms with Gasteiger partial charge in [0.05, 0.1) is 6.54 Å². The number of amides is 1. The summed E-state index contributed by atoms with van der Waals surface area (Å²) in [5.74, 6) is -0.121. The van der Waals surface area contributed by atoms with E-state index in [-0.39, 0.29) is 24.8 Å². The van der Waals surface area contributed by atoms with Crippen molar-refractivity contribution in [3.8, 4) is 0 Å². The third kappa shape index (κ3) is 4.32. The second-order valence-electron chi connectivity index (χ2n) is 4.68. The molecular weight excluding hydrogens is 285 g/mol. The zero-order chi connectivity index (χ0) is 16.2. The Hall–Kier alpha value is -1.83. The maximum Gasteiger partial charge on any atom is 0.433 e. The van der Waals surface area contributed by atoms with Gasteiger partial charge in [0.1, 0.15) is 11.5 Å². The van der Waals surface area contributed by atoms with E-state index in [1.165, 1.54) is 15.9 Å². The van der Waals surface area contributed by atoms with E-state index in [1.807, 2.05) is 0 Å². The predicted octanol–water partition coefficient (Wildman–Crippen LogP) is 1.47. The molecular formula is C13H19F3N4O. The monoisotopic (exact) mass is 304 g/mol. The molecule has 1 aromatic heterocycles. The number of nitrogens with two attached hydrogens (primary N) is 1. The normalized spacial score (nSPS) is 11.4. The van der Waals surface area contributed by atoms with Crippen LogP contribution in [0.25, 0.3) is 0 Å². The number of anilines is 1. The smallest absolute Gasteiger partial charge is 0.347 e. The number of nitrogens with zero attached hydrogens (tertiary/aromatic N) is 3. The average molecular weight is 304 g/mol. The second-order valence-corrected chi connectivity index (χ2v) is 4.68. The Labute approximate surface area is 121 Å². The van der Waals surface area contributed by atoms with Gasteiger partial charge in [0.2, 0.25) is 5.91 Å². The van der Waals surface area contributed by atoms with E-state index >= 15 is 0 Å². The van der Waals surface area contributed by atoms with Crippen LogP contribution in [0.5, 0.6) is 0 Å². The first-order valence-corrected chi connectivity index (χ1v) is 6.43. The lowest BCUT2D eigenvalue weighted by Crippen LogP contribution is -2.37. The van der Waals surface area contributed by atoms with Crippen LogP contribution in [-0.4, -0.2) is 43.0 Å². The third-order valence-electron chi connectivity index (χ3n) is 2.97. The van der Waals surface area contributed by atoms with E-state index in [4.69, 9.17) is 5.73 Å². The Morgan fingerprint density at radius 1 is 1.33 bits per heavy atom. The van der Waals surface area contributed by atoms with Gasteiger partial charge in [-0.25, -0.2) is 4.98 Å². The van der Waals surface area contributed by atoms with Gasteiger partial charge in [-0.15, -0.1) is 0 Å². The van der Waals surface area contributed by atoms with Crippen molar-refractivity contribution in [1.29, 1.82) is 0 Å². The number of aromatic nitrogens is 1. The molecule has 0 atom stereocenters. The second kappa shape index (κ2) is 6.75. The molecule has 1 rings (SSSR count). The molecule has 5 nitrogen and oxygen atoms in total. The number of hydrogen-bond donors (Lipinski definition) is 1. The minimum absolute atomic E-state index is 0.0487. The zero-order valence-corrected chi connectivity index (χ0v) is 12.2. The number of likely N-dealkylation sites (N-methyl/N-ethyl adjacent to an activating group) is 2. The minimum Gasteiger partial charge on any atom is -0.347 e. The Bertz CT molecular complexity index is 503. The summed E-state index contributed by atoms with van der Waals surface area (Å²) in [6.45, 7) is 2.09. The van der Waals surface area contributed by atoms with E-state index in [0.29, 0.717) is 12.1 Å². The van der Waals surface area contributed by atoms with Crippen molar-refractivity contribution in [1.82, 2.24) is 9.88 Å². The molecule has 0 unspecified atom stereocenters. The summed E-state index contributed by atoms with van der Waals surface area (Å²) in [5.41, 5.74) is 5.02. The Balaban J connectivity index is 3.20. The summed E-state index contributed by atoms with van der Waals surface area (Å²) in [6.07, 6.45) is -4.53. The number of rotatable bonds is 5. The maximum atomic E-state index is 12.8. The number of carbonyl (C=O) groups excluding carboxylic acids is 1. The van der Waals surface area contributed by atoms with Crippen molar-refractivity contribution in [3.63, 3.8) is 0 Å². The van der Waals surface area contributed by atoms with Gasteiger partial charge >= 0.3 is 6.18 Å². The molecule has 1 amide bonds. The SMILES string of the molecule is CCN(CC(=O)N(C)C)c1nc(C(F)(F)F)ccc1CN. The van der Waals surface area contributed by atoms with E-state index in [1.54, 1.807) is 21.0 Å². The van der Waals surface area contributed by atoms with Gasteiger partial charge in [-0.2, -0.15) is 13.2 Å². The highest BCUT2D eigenvalue weighted by atomic mass is 19.4. The molecule has 0 bridgehead atoms. The van der Waals surface area contributed by atoms with Crippen molar-refractivity contribution in [2.45, 2.75) is 19.6 Å². The average Bonchev–Trinajstić information content (AvgIpc) is 2.42. The fraction of sp³-hybridized carbons (Fsp3) is 0.538. The molecule has 0 saturated heterocycles. The minimum atomic E-state index is -4.53. The van der Waals surface area contributed by atoms with Gasteiger partial charge in [-0.05, 0) is 13.0 Å². The number of halogens is 3. The molecule has 1 heterocycles. The molecule has 0 fully saturated rings. The van der Waals surface area contributed by atoms with Crippen LogP contribution in [0.15, 0.2) is 12.1 Å². The van der Waals surface area contributed by atoms with E-state index < -0.39 is 11.9 Å². The van der Waals surface area contributed by atoms with Crippen LogP contribution >= 0.6 is 0 Å². The molecule has 0 spiro atoms. The quantitative estimate of drug-likeness (QED) is 0.895. The van der Waals surface area contributed by atoms with Crippen LogP contribution in [0.2, 0.25) is 0 Å². The van der Waals surface area contributed by atoms with Gasteiger partial charge in [0.25, 0.3) is 0 Å². The largest absolute Gasteiger partial charge is 0.433 e. The summed E-state index contributed by atoms with van der Waals surface area (Å²) in [5, 5.41) is 0. The molecule has 0 aliphatic carbocycles. The highest BCUT2D eigenvalue weighted by Gasteiger charge is 2.33. The van der Waals surface area contributed by atoms with Crippen LogP contribution in [-0.2, 0) is 17.5 Å². The Morgan fingerprint density at radius 3 is 2.38 bits per heavy atom. The maximum absolute atomic E-state index is 12.8. The zero-order valence-electron chi connectivity index (χ0n) is 12.2. The van der Waals surface area contributed by atoms with Crippen molar-refractivity contribution in [3.05, 3.63) is 23.4 Å². The van der Waals surface area contributed by atoms with Crippen molar-refractivity contribution >= 4 is 11.7 Å². The number of carbonyl (C=O) groups is 1. The molecule has 0 aliphatic rings. The van der Waals surface area contributed by atoms with Crippen molar-refractivity contribution in [2.24, 2.45) is 5.73 Å². The standard InChI is InChI=1S/C13H19F3N4O/c1-4-20(8-11(21)19(2)3)12-9(7-17)5-6-10(18-12)13(14,15)16/h5-6H,4,7-8,17H2,1-3H3. The number of pyridine rings is 1. The summed E-state index contributed by atoms with van der Waals surface area (Å²) in [4.78, 5) is 18.3. The molecule has 0 radical (unpaired) electrons. The van der Waals surface area contributed by atoms with E-state index in [0.717, 1.165) is 6.07 Å². The fourth-order valence-corrected chi connectivity index (χ4v) is 1.71. The topological polar surface area (TPSA) is 62.5 Å². The molecule has 21 heavy (non-hydrogen) atoms. The highest BCUT2D eigenvalue weighted by molar-refractivity contribution is 5.80. The molecule has 0 aliphatic heterocycles. The van der Waals surface area contributed by atoms with Gasteiger partial charge in [0, 0.05) is 32.7 Å². The molecule has 0 saturated carbocycles. The summed E-state index contributed by atoms with van der Waals surface area (Å²) < 4.78 is 38.3. The van der Waals surface area contributed by atoms with Crippen molar-refractivity contribution in [2.75, 3.05) is 32.1 Å². The van der Waals surface area contributed by atoms with Gasteiger partial charge in [-0.1, -0.05) is 6.07 Å². The lowest BCUT2D eigenvalue weighted by molar-refractivity contribution is -0.141. The first-order chi connectivity index (χ1) is 9.70. The Kier molecular flexibility index (Phi) is 5.54. The highest BCUT2D eigenvalue weighted by Crippen LogP contribution is 2.30. The summed E-state index contributed by atoms with van der Waals surface area (Å²) >= 11 is 0. The molecule has 1 aromatic rings. The number of alkyl halides is 3. The first kappa shape index (κ1) is 17.2. The Morgan fingerprint density at radius 2 is 1.95 bits per heavy atom. The third-order valence-corrected chi connectivity index (χ3v) is 2.97. The van der Waals surface area contributed by atoms with Crippen LogP contribution in [0, 0.1) is 0 Å². The fourth-order valence-electron chi connectivity index (χ4n) is 1.71. The summed E-state index contributed by atoms with van der Waals surface area (Å²) in [6, 6.07) is 2.20. The molecule has 8 heteroatoms. The van der Waals surface area contributed by atoms with E-state index in [2.05, 4.69) is 4.98 Å². The molecule has 2 N–H and O–H groups in total. The lowest BCUT2D eigenvalue weighted by Gasteiger charge is -2.25. The van der Waals surface area contributed by atoms with Gasteiger partial charge in [0.15, 0.2) is 0 Å². The summed E-state index contributed by atoms with van der Waals surface area (Å²) in [7, 11) is 3.17. The van der Waals surface area contributed by atoms with Crippen LogP contribution in [0.3, 0.4) is 0 Å². The molecule has 0 aromatic carbocycles.